The smallest absolute Gasteiger partial charge is 0.249 e. The zero-order valence-electron chi connectivity index (χ0n) is 14.1. The molecule has 0 radical (unpaired) electrons. The topological polar surface area (TPSA) is 68.0 Å². The first-order valence-corrected chi connectivity index (χ1v) is 8.10. The van der Waals surface area contributed by atoms with Gasteiger partial charge in [0.15, 0.2) is 5.69 Å². The summed E-state index contributed by atoms with van der Waals surface area (Å²) in [6, 6.07) is 17.6. The van der Waals surface area contributed by atoms with E-state index in [1.165, 1.54) is 11.6 Å². The molecule has 25 heavy (non-hydrogen) atoms. The molecule has 5 nitrogen and oxygen atoms in total. The number of amides is 1. The molecular formula is C20H19N3O2. The maximum atomic E-state index is 12.1. The van der Waals surface area contributed by atoms with Crippen LogP contribution in [0.1, 0.15) is 30.9 Å². The van der Waals surface area contributed by atoms with Gasteiger partial charge in [-0.25, -0.2) is 4.63 Å². The van der Waals surface area contributed by atoms with Crippen molar-refractivity contribution in [2.75, 3.05) is 5.32 Å². The van der Waals surface area contributed by atoms with Crippen molar-refractivity contribution in [3.05, 3.63) is 71.8 Å². The lowest BCUT2D eigenvalue weighted by molar-refractivity contribution is -0.111. The van der Waals surface area contributed by atoms with E-state index < -0.39 is 0 Å². The van der Waals surface area contributed by atoms with Crippen LogP contribution in [-0.2, 0) is 4.79 Å². The minimum absolute atomic E-state index is 0.292. The molecule has 0 aliphatic carbocycles. The first kappa shape index (κ1) is 16.6. The Morgan fingerprint density at radius 1 is 1.04 bits per heavy atom. The SMILES string of the molecule is CC(C)c1ccc(-c2nonc2NC(=O)C=Cc2ccccc2)cc1. The Hall–Kier alpha value is -3.21. The van der Waals surface area contributed by atoms with Crippen LogP contribution in [0.3, 0.4) is 0 Å². The van der Waals surface area contributed by atoms with Gasteiger partial charge in [-0.3, -0.25) is 4.79 Å². The average molecular weight is 333 g/mol. The average Bonchev–Trinajstić information content (AvgIpc) is 3.09. The van der Waals surface area contributed by atoms with Crippen LogP contribution >= 0.6 is 0 Å². The number of carbonyl (C=O) groups is 1. The number of carbonyl (C=O) groups excluding carboxylic acids is 1. The van der Waals surface area contributed by atoms with E-state index in [0.29, 0.717) is 17.4 Å². The van der Waals surface area contributed by atoms with Gasteiger partial charge in [-0.2, -0.15) is 0 Å². The molecule has 0 aliphatic rings. The summed E-state index contributed by atoms with van der Waals surface area (Å²) in [4.78, 5) is 12.1. The van der Waals surface area contributed by atoms with Crippen LogP contribution in [0.25, 0.3) is 17.3 Å². The fourth-order valence-electron chi connectivity index (χ4n) is 2.38. The quantitative estimate of drug-likeness (QED) is 0.697. The summed E-state index contributed by atoms with van der Waals surface area (Å²) < 4.78 is 4.80. The number of nitrogens with zero attached hydrogens (tertiary/aromatic N) is 2. The van der Waals surface area contributed by atoms with Crippen LogP contribution in [0.15, 0.2) is 65.3 Å². The van der Waals surface area contributed by atoms with Gasteiger partial charge in [0.1, 0.15) is 0 Å². The number of hydrogen-bond donors (Lipinski definition) is 1. The highest BCUT2D eigenvalue weighted by atomic mass is 16.6. The van der Waals surface area contributed by atoms with Crippen molar-refractivity contribution >= 4 is 17.8 Å². The Kier molecular flexibility index (Phi) is 5.04. The Morgan fingerprint density at radius 3 is 2.44 bits per heavy atom. The number of rotatable bonds is 5. The van der Waals surface area contributed by atoms with Gasteiger partial charge >= 0.3 is 0 Å². The van der Waals surface area contributed by atoms with Crippen LogP contribution in [0, 0.1) is 0 Å². The van der Waals surface area contributed by atoms with Gasteiger partial charge in [0.2, 0.25) is 11.7 Å². The first-order chi connectivity index (χ1) is 12.1. The highest BCUT2D eigenvalue weighted by Crippen LogP contribution is 2.26. The lowest BCUT2D eigenvalue weighted by Gasteiger charge is -2.06. The molecule has 1 aromatic heterocycles. The highest BCUT2D eigenvalue weighted by Gasteiger charge is 2.14. The zero-order valence-corrected chi connectivity index (χ0v) is 14.1. The molecule has 3 rings (SSSR count). The lowest BCUT2D eigenvalue weighted by atomic mass is 10.0. The summed E-state index contributed by atoms with van der Waals surface area (Å²) in [5, 5.41) is 10.4. The minimum Gasteiger partial charge on any atom is -0.302 e. The Labute approximate surface area is 146 Å². The van der Waals surface area contributed by atoms with Crippen molar-refractivity contribution in [1.82, 2.24) is 10.3 Å². The molecule has 0 aliphatic heterocycles. The van der Waals surface area contributed by atoms with Crippen LogP contribution < -0.4 is 5.32 Å². The second-order valence-corrected chi connectivity index (χ2v) is 5.97. The lowest BCUT2D eigenvalue weighted by Crippen LogP contribution is -2.09. The largest absolute Gasteiger partial charge is 0.302 e. The maximum absolute atomic E-state index is 12.1. The number of hydrogen-bond acceptors (Lipinski definition) is 4. The second kappa shape index (κ2) is 7.57. The number of aromatic nitrogens is 2. The maximum Gasteiger partial charge on any atom is 0.249 e. The molecule has 0 saturated carbocycles. The van der Waals surface area contributed by atoms with Crippen molar-refractivity contribution in [2.24, 2.45) is 0 Å². The molecule has 3 aromatic rings. The molecule has 0 saturated heterocycles. The molecule has 0 unspecified atom stereocenters. The zero-order chi connectivity index (χ0) is 17.6. The Morgan fingerprint density at radius 2 is 1.76 bits per heavy atom. The predicted molar refractivity (Wildman–Crippen MR) is 97.9 cm³/mol. The highest BCUT2D eigenvalue weighted by molar-refractivity contribution is 6.02. The third-order valence-electron chi connectivity index (χ3n) is 3.81. The normalized spacial score (nSPS) is 11.2. The molecule has 126 valence electrons. The van der Waals surface area contributed by atoms with Gasteiger partial charge in [0.05, 0.1) is 0 Å². The molecular weight excluding hydrogens is 314 g/mol. The summed E-state index contributed by atoms with van der Waals surface area (Å²) in [5.74, 6) is 0.464. The van der Waals surface area contributed by atoms with Gasteiger partial charge in [0, 0.05) is 11.6 Å². The third kappa shape index (κ3) is 4.20. The molecule has 1 N–H and O–H groups in total. The van der Waals surface area contributed by atoms with E-state index >= 15 is 0 Å². The third-order valence-corrected chi connectivity index (χ3v) is 3.81. The van der Waals surface area contributed by atoms with Gasteiger partial charge in [-0.05, 0) is 33.4 Å². The molecule has 1 heterocycles. The molecule has 1 amide bonds. The molecule has 0 spiro atoms. The number of nitrogens with one attached hydrogen (secondary N) is 1. The van der Waals surface area contributed by atoms with Gasteiger partial charge in [-0.1, -0.05) is 68.4 Å². The molecule has 0 fully saturated rings. The molecule has 2 aromatic carbocycles. The monoisotopic (exact) mass is 333 g/mol. The van der Waals surface area contributed by atoms with Crippen molar-refractivity contribution in [3.63, 3.8) is 0 Å². The van der Waals surface area contributed by atoms with E-state index in [1.807, 2.05) is 54.6 Å². The van der Waals surface area contributed by atoms with Crippen LogP contribution in [-0.4, -0.2) is 16.2 Å². The summed E-state index contributed by atoms with van der Waals surface area (Å²) in [5.41, 5.74) is 3.53. The molecule has 0 bridgehead atoms. The van der Waals surface area contributed by atoms with E-state index in [4.69, 9.17) is 4.63 Å². The van der Waals surface area contributed by atoms with Gasteiger partial charge in [0.25, 0.3) is 0 Å². The molecule has 0 atom stereocenters. The van der Waals surface area contributed by atoms with Crippen molar-refractivity contribution in [3.8, 4) is 11.3 Å². The Balaban J connectivity index is 1.73. The number of anilines is 1. The standard InChI is InChI=1S/C20H19N3O2/c1-14(2)16-9-11-17(12-10-16)19-20(23-25-22-19)21-18(24)13-8-15-6-4-3-5-7-15/h3-14H,1-2H3,(H,21,23,24). The van der Waals surface area contributed by atoms with Crippen molar-refractivity contribution < 1.29 is 9.42 Å². The van der Waals surface area contributed by atoms with Gasteiger partial charge < -0.3 is 5.32 Å². The van der Waals surface area contributed by atoms with E-state index in [2.05, 4.69) is 29.5 Å². The number of benzene rings is 2. The Bertz CT molecular complexity index is 865. The van der Waals surface area contributed by atoms with Crippen molar-refractivity contribution in [1.29, 1.82) is 0 Å². The minimum atomic E-state index is -0.292. The first-order valence-electron chi connectivity index (χ1n) is 8.10. The summed E-state index contributed by atoms with van der Waals surface area (Å²) in [6.45, 7) is 4.27. The van der Waals surface area contributed by atoms with Crippen LogP contribution in [0.2, 0.25) is 0 Å². The predicted octanol–water partition coefficient (Wildman–Crippen LogP) is 4.51. The fraction of sp³-hybridized carbons (Fsp3) is 0.150. The van der Waals surface area contributed by atoms with E-state index in [-0.39, 0.29) is 5.91 Å². The van der Waals surface area contributed by atoms with E-state index in [9.17, 15) is 4.79 Å². The summed E-state index contributed by atoms with van der Waals surface area (Å²) in [7, 11) is 0. The van der Waals surface area contributed by atoms with E-state index in [1.54, 1.807) is 6.08 Å². The summed E-state index contributed by atoms with van der Waals surface area (Å²) >= 11 is 0. The summed E-state index contributed by atoms with van der Waals surface area (Å²) in [6.07, 6.45) is 3.19. The van der Waals surface area contributed by atoms with E-state index in [0.717, 1.165) is 11.1 Å². The fourth-order valence-corrected chi connectivity index (χ4v) is 2.38. The van der Waals surface area contributed by atoms with Gasteiger partial charge in [-0.15, -0.1) is 0 Å². The molecule has 5 heteroatoms. The van der Waals surface area contributed by atoms with Crippen LogP contribution in [0.4, 0.5) is 5.82 Å². The second-order valence-electron chi connectivity index (χ2n) is 5.97. The van der Waals surface area contributed by atoms with Crippen molar-refractivity contribution in [2.45, 2.75) is 19.8 Å². The van der Waals surface area contributed by atoms with Crippen LogP contribution in [0.5, 0.6) is 0 Å².